The van der Waals surface area contributed by atoms with Crippen molar-refractivity contribution in [3.63, 3.8) is 0 Å². The van der Waals surface area contributed by atoms with Gasteiger partial charge in [0.05, 0.1) is 18.6 Å². The lowest BCUT2D eigenvalue weighted by atomic mass is 10.2. The summed E-state index contributed by atoms with van der Waals surface area (Å²) in [5.74, 6) is 0.536. The Balaban J connectivity index is 2.92. The van der Waals surface area contributed by atoms with Crippen molar-refractivity contribution in [2.24, 2.45) is 0 Å². The van der Waals surface area contributed by atoms with Gasteiger partial charge in [0.15, 0.2) is 6.07 Å². The predicted octanol–water partition coefficient (Wildman–Crippen LogP) is 1.35. The molecule has 0 saturated carbocycles. The third-order valence-corrected chi connectivity index (χ3v) is 2.21. The standard InChI is InChI=1S/C11H8N2O2/c1-15-11-6-8(7-12)13(14)10-5-3-2-4-9(10)11/h2-6H,1H3. The van der Waals surface area contributed by atoms with Crippen molar-refractivity contribution in [3.05, 3.63) is 41.2 Å². The zero-order valence-electron chi connectivity index (χ0n) is 8.10. The van der Waals surface area contributed by atoms with E-state index in [-0.39, 0.29) is 5.69 Å². The van der Waals surface area contributed by atoms with Crippen molar-refractivity contribution in [1.82, 2.24) is 0 Å². The van der Waals surface area contributed by atoms with Crippen LogP contribution in [0.2, 0.25) is 0 Å². The van der Waals surface area contributed by atoms with Crippen LogP contribution in [-0.2, 0) is 0 Å². The number of hydrogen-bond acceptors (Lipinski definition) is 3. The van der Waals surface area contributed by atoms with Crippen molar-refractivity contribution in [2.45, 2.75) is 0 Å². The summed E-state index contributed by atoms with van der Waals surface area (Å²) < 4.78 is 5.73. The minimum absolute atomic E-state index is 0.0329. The molecule has 1 aromatic heterocycles. The normalized spacial score (nSPS) is 9.87. The first-order valence-electron chi connectivity index (χ1n) is 4.37. The Morgan fingerprint density at radius 1 is 1.40 bits per heavy atom. The molecule has 1 heterocycles. The number of nitrogens with zero attached hydrogens (tertiary/aromatic N) is 2. The smallest absolute Gasteiger partial charge is 0.298 e. The van der Waals surface area contributed by atoms with Crippen LogP contribution in [0.25, 0.3) is 10.9 Å². The maximum absolute atomic E-state index is 11.7. The van der Waals surface area contributed by atoms with Crippen LogP contribution in [0, 0.1) is 16.5 Å². The van der Waals surface area contributed by atoms with Crippen LogP contribution in [0.3, 0.4) is 0 Å². The molecule has 0 bridgehead atoms. The summed E-state index contributed by atoms with van der Waals surface area (Å²) in [5.41, 5.74) is 0.471. The summed E-state index contributed by atoms with van der Waals surface area (Å²) in [7, 11) is 1.51. The third-order valence-electron chi connectivity index (χ3n) is 2.21. The van der Waals surface area contributed by atoms with Gasteiger partial charge in [-0.2, -0.15) is 9.99 Å². The molecule has 0 aliphatic carbocycles. The number of rotatable bonds is 1. The Morgan fingerprint density at radius 2 is 2.13 bits per heavy atom. The number of fused-ring (bicyclic) bond motifs is 1. The highest BCUT2D eigenvalue weighted by molar-refractivity contribution is 5.82. The highest BCUT2D eigenvalue weighted by Crippen LogP contribution is 2.23. The van der Waals surface area contributed by atoms with Gasteiger partial charge in [0.25, 0.3) is 5.69 Å². The van der Waals surface area contributed by atoms with Crippen molar-refractivity contribution in [3.8, 4) is 11.8 Å². The van der Waals surface area contributed by atoms with Gasteiger partial charge >= 0.3 is 0 Å². The Bertz CT molecular complexity index is 558. The number of benzene rings is 1. The van der Waals surface area contributed by atoms with Gasteiger partial charge in [-0.05, 0) is 6.07 Å². The number of nitriles is 1. The lowest BCUT2D eigenvalue weighted by Crippen LogP contribution is -2.31. The van der Waals surface area contributed by atoms with Crippen molar-refractivity contribution in [1.29, 1.82) is 5.26 Å². The number of ether oxygens (including phenoxy) is 1. The maximum atomic E-state index is 11.7. The highest BCUT2D eigenvalue weighted by atomic mass is 16.5. The molecule has 1 aromatic carbocycles. The molecule has 2 rings (SSSR count). The molecule has 74 valence electrons. The average Bonchev–Trinajstić information content (AvgIpc) is 2.30. The van der Waals surface area contributed by atoms with E-state index in [4.69, 9.17) is 10.00 Å². The lowest BCUT2D eigenvalue weighted by Gasteiger charge is -2.07. The van der Waals surface area contributed by atoms with E-state index in [0.29, 0.717) is 21.4 Å². The first-order chi connectivity index (χ1) is 7.27. The molecule has 0 radical (unpaired) electrons. The second-order valence-corrected chi connectivity index (χ2v) is 3.02. The predicted molar refractivity (Wildman–Crippen MR) is 54.2 cm³/mol. The van der Waals surface area contributed by atoms with Crippen LogP contribution in [-0.4, -0.2) is 7.11 Å². The molecule has 0 unspecified atom stereocenters. The third kappa shape index (κ3) is 1.34. The second-order valence-electron chi connectivity index (χ2n) is 3.02. The van der Waals surface area contributed by atoms with Crippen molar-refractivity contribution >= 4 is 10.9 Å². The van der Waals surface area contributed by atoms with Gasteiger partial charge in [0.1, 0.15) is 5.75 Å². The van der Waals surface area contributed by atoms with E-state index in [1.807, 2.05) is 12.1 Å². The molecule has 4 heteroatoms. The largest absolute Gasteiger partial charge is 0.617 e. The molecule has 0 amide bonds. The highest BCUT2D eigenvalue weighted by Gasteiger charge is 2.14. The molecule has 0 aliphatic heterocycles. The number of pyridine rings is 1. The zero-order valence-corrected chi connectivity index (χ0v) is 8.10. The van der Waals surface area contributed by atoms with Gasteiger partial charge in [0, 0.05) is 6.07 Å². The van der Waals surface area contributed by atoms with Crippen LogP contribution in [0.15, 0.2) is 30.3 Å². The topological polar surface area (TPSA) is 60.0 Å². The first-order valence-corrected chi connectivity index (χ1v) is 4.37. The lowest BCUT2D eigenvalue weighted by molar-refractivity contribution is -0.580. The summed E-state index contributed by atoms with van der Waals surface area (Å²) in [4.78, 5) is 0. The number of hydrogen-bond donors (Lipinski definition) is 0. The van der Waals surface area contributed by atoms with Crippen LogP contribution in [0.1, 0.15) is 5.69 Å². The Hall–Kier alpha value is -2.28. The Kier molecular flexibility index (Phi) is 2.14. The molecular formula is C11H8N2O2. The van der Waals surface area contributed by atoms with E-state index in [2.05, 4.69) is 0 Å². The van der Waals surface area contributed by atoms with E-state index < -0.39 is 0 Å². The minimum Gasteiger partial charge on any atom is -0.617 e. The molecule has 0 spiro atoms. The van der Waals surface area contributed by atoms with Crippen LogP contribution >= 0.6 is 0 Å². The van der Waals surface area contributed by atoms with Crippen LogP contribution in [0.4, 0.5) is 0 Å². The number of aromatic nitrogens is 1. The fourth-order valence-corrected chi connectivity index (χ4v) is 1.50. The molecule has 0 fully saturated rings. The minimum atomic E-state index is 0.0329. The van der Waals surface area contributed by atoms with E-state index >= 15 is 0 Å². The summed E-state index contributed by atoms with van der Waals surface area (Å²) in [6.07, 6.45) is 0. The van der Waals surface area contributed by atoms with E-state index in [0.717, 1.165) is 0 Å². The molecule has 4 nitrogen and oxygen atoms in total. The van der Waals surface area contributed by atoms with E-state index in [1.54, 1.807) is 18.2 Å². The summed E-state index contributed by atoms with van der Waals surface area (Å²) in [5, 5.41) is 21.1. The molecule has 0 saturated heterocycles. The van der Waals surface area contributed by atoms with Gasteiger partial charge in [-0.3, -0.25) is 0 Å². The fraction of sp³-hybridized carbons (Fsp3) is 0.0909. The number of methoxy groups -OCH3 is 1. The Morgan fingerprint density at radius 3 is 2.80 bits per heavy atom. The molecule has 0 aliphatic rings. The van der Waals surface area contributed by atoms with Crippen molar-refractivity contribution < 1.29 is 9.47 Å². The van der Waals surface area contributed by atoms with Crippen LogP contribution in [0.5, 0.6) is 5.75 Å². The quantitative estimate of drug-likeness (QED) is 0.515. The van der Waals surface area contributed by atoms with Gasteiger partial charge in [-0.15, -0.1) is 0 Å². The summed E-state index contributed by atoms with van der Waals surface area (Å²) in [6, 6.07) is 10.3. The first kappa shape index (κ1) is 9.28. The fourth-order valence-electron chi connectivity index (χ4n) is 1.50. The summed E-state index contributed by atoms with van der Waals surface area (Å²) in [6.45, 7) is 0. The van der Waals surface area contributed by atoms with E-state index in [1.165, 1.54) is 13.2 Å². The molecule has 0 N–H and O–H groups in total. The summed E-state index contributed by atoms with van der Waals surface area (Å²) >= 11 is 0. The van der Waals surface area contributed by atoms with Gasteiger partial charge in [-0.1, -0.05) is 12.1 Å². The second kappa shape index (κ2) is 3.46. The average molecular weight is 200 g/mol. The SMILES string of the molecule is COc1cc(C#N)[n+]([O-])c2ccccc12. The van der Waals surface area contributed by atoms with Gasteiger partial charge in [0.2, 0.25) is 5.52 Å². The zero-order chi connectivity index (χ0) is 10.8. The maximum Gasteiger partial charge on any atom is 0.298 e. The number of para-hydroxylation sites is 1. The van der Waals surface area contributed by atoms with Gasteiger partial charge < -0.3 is 9.94 Å². The van der Waals surface area contributed by atoms with Gasteiger partial charge in [-0.25, -0.2) is 0 Å². The Labute approximate surface area is 86.5 Å². The van der Waals surface area contributed by atoms with E-state index in [9.17, 15) is 5.21 Å². The molecule has 2 aromatic rings. The molecular weight excluding hydrogens is 192 g/mol. The molecule has 0 atom stereocenters. The monoisotopic (exact) mass is 200 g/mol. The molecule has 15 heavy (non-hydrogen) atoms. The van der Waals surface area contributed by atoms with Crippen molar-refractivity contribution in [2.75, 3.05) is 7.11 Å². The van der Waals surface area contributed by atoms with Crippen LogP contribution < -0.4 is 9.47 Å².